The minimum atomic E-state index is -1.23. The summed E-state index contributed by atoms with van der Waals surface area (Å²) in [4.78, 5) is 30.6. The summed E-state index contributed by atoms with van der Waals surface area (Å²) >= 11 is 0. The molecule has 0 radical (unpaired) electrons. The van der Waals surface area contributed by atoms with E-state index in [0.717, 1.165) is 16.6 Å². The van der Waals surface area contributed by atoms with Crippen LogP contribution in [0.15, 0.2) is 24.5 Å². The molecule has 112 valence electrons. The van der Waals surface area contributed by atoms with Crippen LogP contribution < -0.4 is 5.32 Å². The lowest BCUT2D eigenvalue weighted by atomic mass is 9.96. The summed E-state index contributed by atoms with van der Waals surface area (Å²) in [5.41, 5.74) is 0.297. The second-order valence-electron chi connectivity index (χ2n) is 5.33. The smallest absolute Gasteiger partial charge is 0.329 e. The Bertz CT molecular complexity index is 665. The molecule has 0 aromatic carbocycles. The Hall–Kier alpha value is -2.37. The minimum absolute atomic E-state index is 0.123. The number of aliphatic carboxylic acids is 1. The van der Waals surface area contributed by atoms with E-state index in [0.29, 0.717) is 12.8 Å². The first-order valence-electron chi connectivity index (χ1n) is 6.91. The molecule has 6 heteroatoms. The minimum Gasteiger partial charge on any atom is -0.480 e. The molecular weight excluding hydrogens is 270 g/mol. The molecule has 6 nitrogen and oxygen atoms in total. The van der Waals surface area contributed by atoms with Gasteiger partial charge >= 0.3 is 5.97 Å². The normalized spacial score (nSPS) is 13.8. The van der Waals surface area contributed by atoms with Crippen LogP contribution in [0.5, 0.6) is 0 Å². The standard InChI is InChI=1S/C15H19N3O3/c1-3-6-15(2,14(20)21)18-12(19)8-10-9-17-13-11(10)5-4-7-16-13/h4-5,7,9H,3,6,8H2,1-2H3,(H,16,17)(H,18,19)(H,20,21). The number of pyridine rings is 1. The van der Waals surface area contributed by atoms with Crippen molar-refractivity contribution in [1.29, 1.82) is 0 Å². The van der Waals surface area contributed by atoms with E-state index in [1.165, 1.54) is 6.92 Å². The SMILES string of the molecule is CCCC(C)(NC(=O)Cc1c[nH]c2ncccc12)C(=O)O. The average Bonchev–Trinajstić information content (AvgIpc) is 2.82. The van der Waals surface area contributed by atoms with Gasteiger partial charge in [-0.25, -0.2) is 9.78 Å². The van der Waals surface area contributed by atoms with Crippen molar-refractivity contribution in [2.24, 2.45) is 0 Å². The summed E-state index contributed by atoms with van der Waals surface area (Å²) < 4.78 is 0. The Labute approximate surface area is 122 Å². The number of fused-ring (bicyclic) bond motifs is 1. The number of amides is 1. The molecule has 0 aliphatic rings. The molecule has 0 aliphatic carbocycles. The third kappa shape index (κ3) is 3.21. The Morgan fingerprint density at radius 2 is 2.24 bits per heavy atom. The number of carbonyl (C=O) groups is 2. The van der Waals surface area contributed by atoms with E-state index in [9.17, 15) is 14.7 Å². The molecule has 0 spiro atoms. The van der Waals surface area contributed by atoms with E-state index in [2.05, 4.69) is 15.3 Å². The molecule has 1 atom stereocenters. The first-order valence-corrected chi connectivity index (χ1v) is 6.91. The highest BCUT2D eigenvalue weighted by Crippen LogP contribution is 2.17. The fourth-order valence-corrected chi connectivity index (χ4v) is 2.41. The number of nitrogens with zero attached hydrogens (tertiary/aromatic N) is 1. The van der Waals surface area contributed by atoms with Gasteiger partial charge in [0, 0.05) is 17.8 Å². The third-order valence-electron chi connectivity index (χ3n) is 3.53. The zero-order valence-corrected chi connectivity index (χ0v) is 12.1. The maximum absolute atomic E-state index is 12.1. The van der Waals surface area contributed by atoms with Crippen molar-refractivity contribution in [3.63, 3.8) is 0 Å². The summed E-state index contributed by atoms with van der Waals surface area (Å²) in [6, 6.07) is 3.68. The molecule has 1 amide bonds. The fraction of sp³-hybridized carbons (Fsp3) is 0.400. The van der Waals surface area contributed by atoms with Crippen LogP contribution in [-0.2, 0) is 16.0 Å². The van der Waals surface area contributed by atoms with Gasteiger partial charge in [-0.15, -0.1) is 0 Å². The number of H-pyrrole nitrogens is 1. The van der Waals surface area contributed by atoms with Crippen molar-refractivity contribution in [2.75, 3.05) is 0 Å². The van der Waals surface area contributed by atoms with E-state index in [1.807, 2.05) is 13.0 Å². The number of aromatic amines is 1. The number of hydrogen-bond acceptors (Lipinski definition) is 3. The molecule has 1 unspecified atom stereocenters. The van der Waals surface area contributed by atoms with Crippen LogP contribution in [0.4, 0.5) is 0 Å². The summed E-state index contributed by atoms with van der Waals surface area (Å²) in [6.07, 6.45) is 4.60. The number of hydrogen-bond donors (Lipinski definition) is 3. The van der Waals surface area contributed by atoms with Crippen LogP contribution in [0.25, 0.3) is 11.0 Å². The molecule has 3 N–H and O–H groups in total. The molecule has 21 heavy (non-hydrogen) atoms. The molecular formula is C15H19N3O3. The number of rotatable bonds is 6. The van der Waals surface area contributed by atoms with E-state index in [4.69, 9.17) is 0 Å². The van der Waals surface area contributed by atoms with Gasteiger partial charge in [-0.2, -0.15) is 0 Å². The quantitative estimate of drug-likeness (QED) is 0.756. The lowest BCUT2D eigenvalue weighted by molar-refractivity contribution is -0.147. The van der Waals surface area contributed by atoms with Crippen LogP contribution in [0.1, 0.15) is 32.3 Å². The average molecular weight is 289 g/mol. The molecule has 2 aromatic rings. The highest BCUT2D eigenvalue weighted by Gasteiger charge is 2.33. The van der Waals surface area contributed by atoms with Gasteiger partial charge in [-0.1, -0.05) is 13.3 Å². The maximum Gasteiger partial charge on any atom is 0.329 e. The number of carboxylic acid groups (broad SMARTS) is 1. The van der Waals surface area contributed by atoms with Gasteiger partial charge < -0.3 is 15.4 Å². The van der Waals surface area contributed by atoms with Crippen LogP contribution >= 0.6 is 0 Å². The number of nitrogens with one attached hydrogen (secondary N) is 2. The van der Waals surface area contributed by atoms with Gasteiger partial charge in [0.25, 0.3) is 0 Å². The van der Waals surface area contributed by atoms with Gasteiger partial charge in [0.2, 0.25) is 5.91 Å². The molecule has 2 rings (SSSR count). The van der Waals surface area contributed by atoms with E-state index < -0.39 is 11.5 Å². The summed E-state index contributed by atoms with van der Waals surface area (Å²) in [6.45, 7) is 3.42. The van der Waals surface area contributed by atoms with Crippen LogP contribution in [0.2, 0.25) is 0 Å². The summed E-state index contributed by atoms with van der Waals surface area (Å²) in [5, 5.41) is 12.8. The molecule has 0 aliphatic heterocycles. The van der Waals surface area contributed by atoms with Gasteiger partial charge in [0.1, 0.15) is 11.2 Å². The number of aromatic nitrogens is 2. The van der Waals surface area contributed by atoms with Crippen molar-refractivity contribution in [1.82, 2.24) is 15.3 Å². The first-order chi connectivity index (χ1) is 9.96. The Morgan fingerprint density at radius 3 is 2.90 bits per heavy atom. The molecule has 0 saturated heterocycles. The van der Waals surface area contributed by atoms with E-state index in [-0.39, 0.29) is 12.3 Å². The second-order valence-corrected chi connectivity index (χ2v) is 5.33. The zero-order valence-electron chi connectivity index (χ0n) is 12.1. The van der Waals surface area contributed by atoms with Gasteiger partial charge in [0.05, 0.1) is 6.42 Å². The van der Waals surface area contributed by atoms with Crippen molar-refractivity contribution in [3.8, 4) is 0 Å². The van der Waals surface area contributed by atoms with E-state index >= 15 is 0 Å². The van der Waals surface area contributed by atoms with Gasteiger partial charge in [-0.3, -0.25) is 4.79 Å². The van der Waals surface area contributed by atoms with Crippen molar-refractivity contribution < 1.29 is 14.7 Å². The van der Waals surface area contributed by atoms with Gasteiger partial charge in [0.15, 0.2) is 0 Å². The Balaban J connectivity index is 2.12. The maximum atomic E-state index is 12.1. The van der Waals surface area contributed by atoms with Crippen molar-refractivity contribution in [3.05, 3.63) is 30.1 Å². The highest BCUT2D eigenvalue weighted by molar-refractivity contribution is 5.90. The predicted octanol–water partition coefficient (Wildman–Crippen LogP) is 1.86. The lowest BCUT2D eigenvalue weighted by Gasteiger charge is -2.25. The molecule has 0 saturated carbocycles. The van der Waals surface area contributed by atoms with Crippen LogP contribution in [0, 0.1) is 0 Å². The number of carbonyl (C=O) groups excluding carboxylic acids is 1. The largest absolute Gasteiger partial charge is 0.480 e. The molecule has 0 fully saturated rings. The second kappa shape index (κ2) is 5.95. The zero-order chi connectivity index (χ0) is 15.5. The van der Waals surface area contributed by atoms with Crippen molar-refractivity contribution >= 4 is 22.9 Å². The molecule has 0 bridgehead atoms. The summed E-state index contributed by atoms with van der Waals surface area (Å²) in [7, 11) is 0. The Kier molecular flexibility index (Phi) is 4.26. The van der Waals surface area contributed by atoms with Crippen molar-refractivity contribution in [2.45, 2.75) is 38.6 Å². The fourth-order valence-electron chi connectivity index (χ4n) is 2.41. The summed E-state index contributed by atoms with van der Waals surface area (Å²) in [5.74, 6) is -1.32. The molecule has 2 heterocycles. The lowest BCUT2D eigenvalue weighted by Crippen LogP contribution is -2.52. The van der Waals surface area contributed by atoms with Crippen LogP contribution in [-0.4, -0.2) is 32.5 Å². The third-order valence-corrected chi connectivity index (χ3v) is 3.53. The Morgan fingerprint density at radius 1 is 1.48 bits per heavy atom. The monoisotopic (exact) mass is 289 g/mol. The molecule has 2 aromatic heterocycles. The van der Waals surface area contributed by atoms with Gasteiger partial charge in [-0.05, 0) is 31.0 Å². The topological polar surface area (TPSA) is 95.1 Å². The predicted molar refractivity (Wildman–Crippen MR) is 78.9 cm³/mol. The van der Waals surface area contributed by atoms with E-state index in [1.54, 1.807) is 18.5 Å². The highest BCUT2D eigenvalue weighted by atomic mass is 16.4. The first kappa shape index (κ1) is 15.0. The number of carboxylic acids is 1. The van der Waals surface area contributed by atoms with Crippen LogP contribution in [0.3, 0.4) is 0 Å².